The van der Waals surface area contributed by atoms with Gasteiger partial charge in [-0.3, -0.25) is 9.59 Å². The van der Waals surface area contributed by atoms with Crippen molar-refractivity contribution in [1.82, 2.24) is 10.3 Å². The molecule has 19 heavy (non-hydrogen) atoms. The van der Waals surface area contributed by atoms with E-state index in [1.165, 1.54) is 14.0 Å². The second-order valence-corrected chi connectivity index (χ2v) is 4.67. The predicted molar refractivity (Wildman–Crippen MR) is 68.3 cm³/mol. The van der Waals surface area contributed by atoms with Gasteiger partial charge >= 0.3 is 5.97 Å². The molecule has 1 aliphatic heterocycles. The Kier molecular flexibility index (Phi) is 5.02. The number of nitrogens with zero attached hydrogens (tertiary/aromatic N) is 2. The number of rotatable bonds is 4. The summed E-state index contributed by atoms with van der Waals surface area (Å²) in [7, 11) is 1.48. The lowest BCUT2D eigenvalue weighted by molar-refractivity contribution is -0.149. The standard InChI is InChI=1S/C12H19N3O4/c1-7(2)13-11(17)8(3)19-12(18)9-5-6-10(16)15(4)14-9/h7-8H,5-6H2,1-4H3,(H,13,17)/t8-/m0/s1. The zero-order chi connectivity index (χ0) is 14.6. The zero-order valence-electron chi connectivity index (χ0n) is 11.6. The van der Waals surface area contributed by atoms with Crippen LogP contribution in [0.5, 0.6) is 0 Å². The molecule has 0 fully saturated rings. The summed E-state index contributed by atoms with van der Waals surface area (Å²) in [4.78, 5) is 34.6. The lowest BCUT2D eigenvalue weighted by Crippen LogP contribution is -2.41. The van der Waals surface area contributed by atoms with E-state index in [0.717, 1.165) is 5.01 Å². The van der Waals surface area contributed by atoms with Crippen molar-refractivity contribution < 1.29 is 19.1 Å². The largest absolute Gasteiger partial charge is 0.448 e. The highest BCUT2D eigenvalue weighted by Gasteiger charge is 2.26. The predicted octanol–water partition coefficient (Wildman–Crippen LogP) is 0.0509. The minimum atomic E-state index is -0.888. The van der Waals surface area contributed by atoms with Crippen molar-refractivity contribution in [3.63, 3.8) is 0 Å². The van der Waals surface area contributed by atoms with Gasteiger partial charge in [0, 0.05) is 25.9 Å². The monoisotopic (exact) mass is 269 g/mol. The lowest BCUT2D eigenvalue weighted by atomic mass is 10.2. The fourth-order valence-corrected chi connectivity index (χ4v) is 1.50. The minimum absolute atomic E-state index is 0.0237. The molecule has 0 spiro atoms. The van der Waals surface area contributed by atoms with E-state index in [-0.39, 0.29) is 36.4 Å². The first-order chi connectivity index (χ1) is 8.81. The molecule has 0 bridgehead atoms. The topological polar surface area (TPSA) is 88.1 Å². The van der Waals surface area contributed by atoms with Gasteiger partial charge in [-0.05, 0) is 20.8 Å². The normalized spacial score (nSPS) is 17.0. The number of hydrazone groups is 1. The number of hydrogen-bond donors (Lipinski definition) is 1. The van der Waals surface area contributed by atoms with Gasteiger partial charge in [0.25, 0.3) is 5.91 Å². The Balaban J connectivity index is 2.58. The van der Waals surface area contributed by atoms with Gasteiger partial charge < -0.3 is 10.1 Å². The molecule has 1 rings (SSSR count). The highest BCUT2D eigenvalue weighted by molar-refractivity contribution is 6.37. The third-order valence-corrected chi connectivity index (χ3v) is 2.53. The molecule has 0 saturated heterocycles. The third kappa shape index (κ3) is 4.35. The van der Waals surface area contributed by atoms with E-state index in [0.29, 0.717) is 0 Å². The van der Waals surface area contributed by atoms with Crippen LogP contribution in [0.2, 0.25) is 0 Å². The Morgan fingerprint density at radius 2 is 1.95 bits per heavy atom. The Labute approximate surface area is 112 Å². The number of hydrogen-bond acceptors (Lipinski definition) is 5. The lowest BCUT2D eigenvalue weighted by Gasteiger charge is -2.20. The molecule has 7 nitrogen and oxygen atoms in total. The van der Waals surface area contributed by atoms with Crippen molar-refractivity contribution in [2.45, 2.75) is 45.8 Å². The molecule has 1 N–H and O–H groups in total. The fourth-order valence-electron chi connectivity index (χ4n) is 1.50. The van der Waals surface area contributed by atoms with Crippen molar-refractivity contribution in [2.75, 3.05) is 7.05 Å². The van der Waals surface area contributed by atoms with Crippen LogP contribution in [0.25, 0.3) is 0 Å². The number of ether oxygens (including phenoxy) is 1. The summed E-state index contributed by atoms with van der Waals surface area (Å²) in [5.74, 6) is -1.17. The van der Waals surface area contributed by atoms with Crippen molar-refractivity contribution >= 4 is 23.5 Å². The summed E-state index contributed by atoms with van der Waals surface area (Å²) in [6.45, 7) is 5.13. The molecule has 0 aromatic rings. The van der Waals surface area contributed by atoms with Crippen LogP contribution in [0.15, 0.2) is 5.10 Å². The summed E-state index contributed by atoms with van der Waals surface area (Å²) in [5.41, 5.74) is 0.159. The van der Waals surface area contributed by atoms with Crippen molar-refractivity contribution in [3.8, 4) is 0 Å². The first kappa shape index (κ1) is 15.1. The molecule has 0 aromatic carbocycles. The van der Waals surface area contributed by atoms with Gasteiger partial charge in [-0.2, -0.15) is 5.10 Å². The second kappa shape index (κ2) is 6.31. The van der Waals surface area contributed by atoms with Gasteiger partial charge in [0.15, 0.2) is 6.10 Å². The highest BCUT2D eigenvalue weighted by Crippen LogP contribution is 2.09. The summed E-state index contributed by atoms with van der Waals surface area (Å²) in [6.07, 6.45) is -0.433. The van der Waals surface area contributed by atoms with Crippen LogP contribution >= 0.6 is 0 Å². The average Bonchev–Trinajstić information content (AvgIpc) is 2.31. The number of carbonyl (C=O) groups is 3. The molecule has 0 unspecified atom stereocenters. The van der Waals surface area contributed by atoms with E-state index in [1.807, 2.05) is 13.8 Å². The Morgan fingerprint density at radius 3 is 2.47 bits per heavy atom. The Bertz CT molecular complexity index is 417. The van der Waals surface area contributed by atoms with Crippen molar-refractivity contribution in [1.29, 1.82) is 0 Å². The second-order valence-electron chi connectivity index (χ2n) is 4.67. The number of amides is 2. The first-order valence-electron chi connectivity index (χ1n) is 6.16. The minimum Gasteiger partial charge on any atom is -0.448 e. The summed E-state index contributed by atoms with van der Waals surface area (Å²) < 4.78 is 5.02. The van der Waals surface area contributed by atoms with Crippen molar-refractivity contribution in [2.24, 2.45) is 5.10 Å². The van der Waals surface area contributed by atoms with Crippen LogP contribution < -0.4 is 5.32 Å². The highest BCUT2D eigenvalue weighted by atomic mass is 16.5. The van der Waals surface area contributed by atoms with Crippen molar-refractivity contribution in [3.05, 3.63) is 0 Å². The van der Waals surface area contributed by atoms with Gasteiger partial charge in [-0.25, -0.2) is 9.80 Å². The average molecular weight is 269 g/mol. The number of esters is 1. The summed E-state index contributed by atoms with van der Waals surface area (Å²) >= 11 is 0. The molecule has 1 heterocycles. The van der Waals surface area contributed by atoms with E-state index in [4.69, 9.17) is 4.74 Å². The molecule has 0 radical (unpaired) electrons. The van der Waals surface area contributed by atoms with Gasteiger partial charge in [0.05, 0.1) is 0 Å². The maximum Gasteiger partial charge on any atom is 0.355 e. The van der Waals surface area contributed by atoms with Gasteiger partial charge in [0.1, 0.15) is 5.71 Å². The third-order valence-electron chi connectivity index (χ3n) is 2.53. The van der Waals surface area contributed by atoms with Crippen LogP contribution in [0, 0.1) is 0 Å². The molecule has 0 aromatic heterocycles. The maximum atomic E-state index is 11.8. The van der Waals surface area contributed by atoms with Crippen LogP contribution in [-0.2, 0) is 19.1 Å². The molecular weight excluding hydrogens is 250 g/mol. The van der Waals surface area contributed by atoms with E-state index >= 15 is 0 Å². The molecule has 0 aliphatic carbocycles. The Morgan fingerprint density at radius 1 is 1.32 bits per heavy atom. The molecule has 1 aliphatic rings. The quantitative estimate of drug-likeness (QED) is 0.730. The SMILES string of the molecule is CC(C)NC(=O)[C@H](C)OC(=O)C1=NN(C)C(=O)CC1. The zero-order valence-corrected chi connectivity index (χ0v) is 11.6. The number of nitrogens with one attached hydrogen (secondary N) is 1. The van der Waals surface area contributed by atoms with Gasteiger partial charge in [0.2, 0.25) is 5.91 Å². The van der Waals surface area contributed by atoms with E-state index in [1.54, 1.807) is 0 Å². The maximum absolute atomic E-state index is 11.8. The van der Waals surface area contributed by atoms with Crippen LogP contribution in [-0.4, -0.2) is 47.7 Å². The van der Waals surface area contributed by atoms with Crippen LogP contribution in [0.1, 0.15) is 33.6 Å². The smallest absolute Gasteiger partial charge is 0.355 e. The molecule has 0 saturated carbocycles. The van der Waals surface area contributed by atoms with E-state index in [2.05, 4.69) is 10.4 Å². The summed E-state index contributed by atoms with van der Waals surface area (Å²) in [5, 5.41) is 7.59. The Hall–Kier alpha value is -1.92. The van der Waals surface area contributed by atoms with E-state index < -0.39 is 12.1 Å². The van der Waals surface area contributed by atoms with Crippen LogP contribution in [0.4, 0.5) is 0 Å². The van der Waals surface area contributed by atoms with E-state index in [9.17, 15) is 14.4 Å². The fraction of sp³-hybridized carbons (Fsp3) is 0.667. The molecule has 7 heteroatoms. The van der Waals surface area contributed by atoms with Gasteiger partial charge in [-0.1, -0.05) is 0 Å². The molecule has 2 amide bonds. The molecular formula is C12H19N3O4. The van der Waals surface area contributed by atoms with Gasteiger partial charge in [-0.15, -0.1) is 0 Å². The number of carbonyl (C=O) groups excluding carboxylic acids is 3. The molecule has 1 atom stereocenters. The summed E-state index contributed by atoms with van der Waals surface area (Å²) in [6, 6.07) is -0.0237. The van der Waals surface area contributed by atoms with Crippen LogP contribution in [0.3, 0.4) is 0 Å². The first-order valence-corrected chi connectivity index (χ1v) is 6.16. The molecule has 106 valence electrons.